The highest BCUT2D eigenvalue weighted by Crippen LogP contribution is 2.42. The number of ether oxygens (including phenoxy) is 2. The standard InChI is InChI=1S/C11H19NO4/c1-15-11(16-2)4-3-7-6-12-9(10(13)14)8(7)5-11/h7-9,12H,3-6H2,1-2H3,(H,13,14). The fourth-order valence-electron chi connectivity index (χ4n) is 3.04. The van der Waals surface area contributed by atoms with Gasteiger partial charge in [-0.3, -0.25) is 4.79 Å². The van der Waals surface area contributed by atoms with E-state index in [0.717, 1.165) is 19.4 Å². The summed E-state index contributed by atoms with van der Waals surface area (Å²) in [6, 6.07) is -0.449. The number of carboxylic acid groups (broad SMARTS) is 1. The van der Waals surface area contributed by atoms with Crippen LogP contribution in [0.5, 0.6) is 0 Å². The van der Waals surface area contributed by atoms with E-state index in [1.54, 1.807) is 14.2 Å². The molecule has 3 unspecified atom stereocenters. The fourth-order valence-corrected chi connectivity index (χ4v) is 3.04. The molecule has 2 aliphatic rings. The zero-order chi connectivity index (χ0) is 11.8. The van der Waals surface area contributed by atoms with Crippen LogP contribution in [-0.2, 0) is 14.3 Å². The lowest BCUT2D eigenvalue weighted by molar-refractivity contribution is -0.236. The number of rotatable bonds is 3. The van der Waals surface area contributed by atoms with E-state index in [0.29, 0.717) is 12.3 Å². The largest absolute Gasteiger partial charge is 0.480 e. The van der Waals surface area contributed by atoms with E-state index in [4.69, 9.17) is 14.6 Å². The van der Waals surface area contributed by atoms with Gasteiger partial charge in [0, 0.05) is 27.1 Å². The third-order valence-electron chi connectivity index (χ3n) is 4.09. The SMILES string of the molecule is COC1(OC)CCC2CNC(C(=O)O)C2C1. The predicted molar refractivity (Wildman–Crippen MR) is 57.0 cm³/mol. The minimum Gasteiger partial charge on any atom is -0.480 e. The van der Waals surface area contributed by atoms with Crippen LogP contribution in [0.25, 0.3) is 0 Å². The van der Waals surface area contributed by atoms with Gasteiger partial charge in [0.1, 0.15) is 6.04 Å². The molecule has 0 aromatic rings. The zero-order valence-electron chi connectivity index (χ0n) is 9.73. The van der Waals surface area contributed by atoms with Crippen molar-refractivity contribution >= 4 is 5.97 Å². The topological polar surface area (TPSA) is 67.8 Å². The molecule has 0 spiro atoms. The van der Waals surface area contributed by atoms with Crippen molar-refractivity contribution in [3.63, 3.8) is 0 Å². The number of hydrogen-bond donors (Lipinski definition) is 2. The lowest BCUT2D eigenvalue weighted by atomic mass is 9.75. The maximum atomic E-state index is 11.1. The molecule has 5 nitrogen and oxygen atoms in total. The molecule has 1 saturated heterocycles. The van der Waals surface area contributed by atoms with E-state index in [1.165, 1.54) is 0 Å². The Morgan fingerprint density at radius 2 is 2.12 bits per heavy atom. The number of carboxylic acids is 1. The van der Waals surface area contributed by atoms with Crippen LogP contribution in [0.2, 0.25) is 0 Å². The van der Waals surface area contributed by atoms with Crippen LogP contribution in [0.4, 0.5) is 0 Å². The summed E-state index contributed by atoms with van der Waals surface area (Å²) in [6.07, 6.45) is 2.47. The van der Waals surface area contributed by atoms with Crippen molar-refractivity contribution in [3.05, 3.63) is 0 Å². The van der Waals surface area contributed by atoms with E-state index >= 15 is 0 Å². The molecule has 0 amide bonds. The van der Waals surface area contributed by atoms with Crippen molar-refractivity contribution < 1.29 is 19.4 Å². The molecular formula is C11H19NO4. The summed E-state index contributed by atoms with van der Waals surface area (Å²) in [5, 5.41) is 12.2. The van der Waals surface area contributed by atoms with E-state index in [2.05, 4.69) is 5.32 Å². The van der Waals surface area contributed by atoms with Crippen LogP contribution in [0.3, 0.4) is 0 Å². The van der Waals surface area contributed by atoms with Crippen LogP contribution in [0.1, 0.15) is 19.3 Å². The molecule has 1 heterocycles. The van der Waals surface area contributed by atoms with Crippen LogP contribution < -0.4 is 5.32 Å². The van der Waals surface area contributed by atoms with Gasteiger partial charge in [0.25, 0.3) is 0 Å². The minimum atomic E-state index is -0.768. The predicted octanol–water partition coefficient (Wildman–Crippen LogP) is 0.448. The first-order valence-corrected chi connectivity index (χ1v) is 5.68. The number of methoxy groups -OCH3 is 2. The second kappa shape index (κ2) is 4.31. The number of aliphatic carboxylic acids is 1. The second-order valence-electron chi connectivity index (χ2n) is 4.71. The molecule has 16 heavy (non-hydrogen) atoms. The maximum Gasteiger partial charge on any atom is 0.320 e. The van der Waals surface area contributed by atoms with E-state index in [9.17, 15) is 4.79 Å². The number of fused-ring (bicyclic) bond motifs is 1. The minimum absolute atomic E-state index is 0.117. The Hall–Kier alpha value is -0.650. The van der Waals surface area contributed by atoms with Crippen molar-refractivity contribution in [2.75, 3.05) is 20.8 Å². The normalized spacial score (nSPS) is 37.0. The average Bonchev–Trinajstić information content (AvgIpc) is 2.71. The second-order valence-corrected chi connectivity index (χ2v) is 4.71. The quantitative estimate of drug-likeness (QED) is 0.688. The molecule has 5 heteroatoms. The first-order chi connectivity index (χ1) is 7.62. The molecule has 92 valence electrons. The van der Waals surface area contributed by atoms with Crippen molar-refractivity contribution in [1.82, 2.24) is 5.32 Å². The summed E-state index contributed by atoms with van der Waals surface area (Å²) in [4.78, 5) is 11.1. The Balaban J connectivity index is 2.12. The fraction of sp³-hybridized carbons (Fsp3) is 0.909. The molecule has 0 aromatic heterocycles. The Labute approximate surface area is 95.1 Å². The summed E-state index contributed by atoms with van der Waals surface area (Å²) in [7, 11) is 3.25. The summed E-state index contributed by atoms with van der Waals surface area (Å²) < 4.78 is 10.8. The van der Waals surface area contributed by atoms with E-state index in [1.807, 2.05) is 0 Å². The monoisotopic (exact) mass is 229 g/mol. The molecule has 3 atom stereocenters. The highest BCUT2D eigenvalue weighted by Gasteiger charge is 2.49. The van der Waals surface area contributed by atoms with Gasteiger partial charge in [-0.15, -0.1) is 0 Å². The smallest absolute Gasteiger partial charge is 0.320 e. The van der Waals surface area contributed by atoms with Gasteiger partial charge >= 0.3 is 5.97 Å². The number of hydrogen-bond acceptors (Lipinski definition) is 4. The average molecular weight is 229 g/mol. The highest BCUT2D eigenvalue weighted by molar-refractivity contribution is 5.74. The van der Waals surface area contributed by atoms with Gasteiger partial charge in [-0.1, -0.05) is 0 Å². The Morgan fingerprint density at radius 3 is 2.69 bits per heavy atom. The summed E-state index contributed by atoms with van der Waals surface area (Å²) >= 11 is 0. The van der Waals surface area contributed by atoms with Crippen LogP contribution in [0, 0.1) is 11.8 Å². The van der Waals surface area contributed by atoms with Gasteiger partial charge in [-0.2, -0.15) is 0 Å². The molecular weight excluding hydrogens is 210 g/mol. The van der Waals surface area contributed by atoms with Crippen LogP contribution in [0.15, 0.2) is 0 Å². The third kappa shape index (κ3) is 1.83. The van der Waals surface area contributed by atoms with E-state index < -0.39 is 17.8 Å². The van der Waals surface area contributed by atoms with Gasteiger partial charge in [-0.05, 0) is 24.8 Å². The summed E-state index contributed by atoms with van der Waals surface area (Å²) in [5.41, 5.74) is 0. The molecule has 0 radical (unpaired) electrons. The first kappa shape index (κ1) is 11.8. The molecule has 0 bridgehead atoms. The summed E-state index contributed by atoms with van der Waals surface area (Å²) in [5.74, 6) is -0.790. The number of carbonyl (C=O) groups is 1. The van der Waals surface area contributed by atoms with Gasteiger partial charge < -0.3 is 19.9 Å². The molecule has 1 aliphatic heterocycles. The van der Waals surface area contributed by atoms with E-state index in [-0.39, 0.29) is 5.92 Å². The lowest BCUT2D eigenvalue weighted by Gasteiger charge is -2.40. The molecule has 0 aromatic carbocycles. The van der Waals surface area contributed by atoms with Gasteiger partial charge in [-0.25, -0.2) is 0 Å². The number of nitrogens with one attached hydrogen (secondary N) is 1. The molecule has 2 rings (SSSR count). The lowest BCUT2D eigenvalue weighted by Crippen LogP contribution is -2.46. The van der Waals surface area contributed by atoms with Crippen LogP contribution >= 0.6 is 0 Å². The van der Waals surface area contributed by atoms with Crippen molar-refractivity contribution in [2.24, 2.45) is 11.8 Å². The maximum absolute atomic E-state index is 11.1. The molecule has 2 N–H and O–H groups in total. The highest BCUT2D eigenvalue weighted by atomic mass is 16.7. The zero-order valence-corrected chi connectivity index (χ0v) is 9.73. The van der Waals surface area contributed by atoms with Crippen molar-refractivity contribution in [1.29, 1.82) is 0 Å². The van der Waals surface area contributed by atoms with Crippen molar-refractivity contribution in [3.8, 4) is 0 Å². The molecule has 1 aliphatic carbocycles. The molecule has 1 saturated carbocycles. The Morgan fingerprint density at radius 1 is 1.44 bits per heavy atom. The van der Waals surface area contributed by atoms with Crippen LogP contribution in [-0.4, -0.2) is 43.7 Å². The van der Waals surface area contributed by atoms with Gasteiger partial charge in [0.2, 0.25) is 0 Å². The third-order valence-corrected chi connectivity index (χ3v) is 4.09. The summed E-state index contributed by atoms with van der Waals surface area (Å²) in [6.45, 7) is 0.797. The van der Waals surface area contributed by atoms with Gasteiger partial charge in [0.05, 0.1) is 0 Å². The first-order valence-electron chi connectivity index (χ1n) is 5.68. The van der Waals surface area contributed by atoms with Crippen molar-refractivity contribution in [2.45, 2.75) is 31.1 Å². The Bertz CT molecular complexity index is 277. The van der Waals surface area contributed by atoms with Gasteiger partial charge in [0.15, 0.2) is 5.79 Å². The molecule has 2 fully saturated rings. The Kier molecular flexibility index (Phi) is 3.19.